The number of methoxy groups -OCH3 is 1. The van der Waals surface area contributed by atoms with Crippen molar-refractivity contribution in [3.63, 3.8) is 0 Å². The second-order valence-electron chi connectivity index (χ2n) is 5.30. The van der Waals surface area contributed by atoms with Gasteiger partial charge in [-0.2, -0.15) is 0 Å². The van der Waals surface area contributed by atoms with Crippen LogP contribution < -0.4 is 5.32 Å². The van der Waals surface area contributed by atoms with Crippen molar-refractivity contribution in [2.45, 2.75) is 0 Å². The Morgan fingerprint density at radius 3 is 2.64 bits per heavy atom. The summed E-state index contributed by atoms with van der Waals surface area (Å²) in [7, 11) is 1.57. The van der Waals surface area contributed by atoms with Gasteiger partial charge in [0.15, 0.2) is 5.76 Å². The fourth-order valence-electron chi connectivity index (χ4n) is 2.41. The van der Waals surface area contributed by atoms with Crippen LogP contribution in [0.4, 0.5) is 4.39 Å². The van der Waals surface area contributed by atoms with Crippen LogP contribution in [0.1, 0.15) is 10.4 Å². The average Bonchev–Trinajstić information content (AvgIpc) is 3.12. The summed E-state index contributed by atoms with van der Waals surface area (Å²) in [6.07, 6.45) is 1.45. The third-order valence-corrected chi connectivity index (χ3v) is 3.64. The summed E-state index contributed by atoms with van der Waals surface area (Å²) in [5.74, 6) is -0.0764. The van der Waals surface area contributed by atoms with E-state index in [-0.39, 0.29) is 11.8 Å². The molecule has 0 bridgehead atoms. The highest BCUT2D eigenvalue weighted by Gasteiger charge is 2.17. The zero-order valence-corrected chi connectivity index (χ0v) is 13.7. The smallest absolute Gasteiger partial charge is 0.252 e. The van der Waals surface area contributed by atoms with E-state index in [4.69, 9.17) is 9.15 Å². The lowest BCUT2D eigenvalue weighted by Crippen LogP contribution is -2.27. The van der Waals surface area contributed by atoms with Crippen molar-refractivity contribution in [3.8, 4) is 22.8 Å². The molecule has 1 amide bonds. The molecule has 0 radical (unpaired) electrons. The Hall–Kier alpha value is -2.99. The van der Waals surface area contributed by atoms with Crippen molar-refractivity contribution in [1.82, 2.24) is 10.3 Å². The maximum absolute atomic E-state index is 13.9. The monoisotopic (exact) mass is 340 g/mol. The largest absolute Gasteiger partial charge is 0.436 e. The van der Waals surface area contributed by atoms with Crippen LogP contribution in [-0.4, -0.2) is 31.2 Å². The number of hydrogen-bond donors (Lipinski definition) is 1. The third-order valence-electron chi connectivity index (χ3n) is 3.64. The lowest BCUT2D eigenvalue weighted by Gasteiger charge is -2.07. The summed E-state index contributed by atoms with van der Waals surface area (Å²) < 4.78 is 24.5. The first-order valence-electron chi connectivity index (χ1n) is 7.78. The number of benzene rings is 2. The highest BCUT2D eigenvalue weighted by molar-refractivity contribution is 6.00. The minimum Gasteiger partial charge on any atom is -0.436 e. The van der Waals surface area contributed by atoms with Crippen LogP contribution in [0, 0.1) is 5.82 Å². The van der Waals surface area contributed by atoms with Gasteiger partial charge in [0.25, 0.3) is 5.91 Å². The molecule has 1 heterocycles. The number of amides is 1. The van der Waals surface area contributed by atoms with Crippen LogP contribution in [0.5, 0.6) is 0 Å². The van der Waals surface area contributed by atoms with E-state index in [1.54, 1.807) is 49.6 Å². The molecule has 0 saturated heterocycles. The van der Waals surface area contributed by atoms with Crippen LogP contribution in [0.2, 0.25) is 0 Å². The topological polar surface area (TPSA) is 64.4 Å². The van der Waals surface area contributed by atoms with Crippen molar-refractivity contribution in [1.29, 1.82) is 0 Å². The van der Waals surface area contributed by atoms with Crippen LogP contribution in [-0.2, 0) is 4.74 Å². The molecule has 3 rings (SSSR count). The van der Waals surface area contributed by atoms with Gasteiger partial charge >= 0.3 is 0 Å². The molecule has 5 nitrogen and oxygen atoms in total. The predicted octanol–water partition coefficient (Wildman–Crippen LogP) is 3.52. The molecule has 1 aromatic heterocycles. The van der Waals surface area contributed by atoms with Crippen LogP contribution >= 0.6 is 0 Å². The third kappa shape index (κ3) is 3.75. The number of ether oxygens (including phenoxy) is 1. The van der Waals surface area contributed by atoms with E-state index in [2.05, 4.69) is 10.3 Å². The molecule has 0 aliphatic heterocycles. The lowest BCUT2D eigenvalue weighted by molar-refractivity contribution is 0.0937. The van der Waals surface area contributed by atoms with Gasteiger partial charge in [-0.15, -0.1) is 0 Å². The van der Waals surface area contributed by atoms with Crippen LogP contribution in [0.25, 0.3) is 22.8 Å². The zero-order valence-electron chi connectivity index (χ0n) is 13.7. The quantitative estimate of drug-likeness (QED) is 0.697. The maximum atomic E-state index is 13.9. The van der Waals surface area contributed by atoms with Gasteiger partial charge in [-0.25, -0.2) is 9.37 Å². The maximum Gasteiger partial charge on any atom is 0.252 e. The molecule has 0 atom stereocenters. The molecular formula is C19H17FN2O3. The van der Waals surface area contributed by atoms with E-state index in [0.717, 1.165) is 0 Å². The highest BCUT2D eigenvalue weighted by atomic mass is 19.1. The molecule has 3 aromatic rings. The Balaban J connectivity index is 1.91. The first-order valence-corrected chi connectivity index (χ1v) is 7.78. The molecule has 0 fully saturated rings. The molecule has 0 spiro atoms. The van der Waals surface area contributed by atoms with Gasteiger partial charge in [-0.05, 0) is 24.3 Å². The van der Waals surface area contributed by atoms with E-state index in [9.17, 15) is 9.18 Å². The van der Waals surface area contributed by atoms with Gasteiger partial charge in [-0.1, -0.05) is 24.3 Å². The average molecular weight is 340 g/mol. The lowest BCUT2D eigenvalue weighted by atomic mass is 10.1. The number of nitrogens with one attached hydrogen (secondary N) is 1. The number of oxazole rings is 1. The minimum absolute atomic E-state index is 0.252. The molecule has 2 aromatic carbocycles. The van der Waals surface area contributed by atoms with Gasteiger partial charge < -0.3 is 14.5 Å². The SMILES string of the molecule is COCCNC(=O)c1ccccc1-c1ncc(-c2ccccc2F)o1. The van der Waals surface area contributed by atoms with E-state index in [1.807, 2.05) is 0 Å². The summed E-state index contributed by atoms with van der Waals surface area (Å²) in [6, 6.07) is 13.3. The van der Waals surface area contributed by atoms with E-state index in [0.29, 0.717) is 35.6 Å². The van der Waals surface area contributed by atoms with Crippen molar-refractivity contribution in [3.05, 3.63) is 66.1 Å². The molecule has 0 saturated carbocycles. The van der Waals surface area contributed by atoms with Crippen LogP contribution in [0.15, 0.2) is 59.1 Å². The van der Waals surface area contributed by atoms with Gasteiger partial charge in [0, 0.05) is 19.2 Å². The molecule has 0 aliphatic carbocycles. The summed E-state index contributed by atoms with van der Waals surface area (Å²) in [4.78, 5) is 16.6. The van der Waals surface area contributed by atoms with Crippen molar-refractivity contribution in [2.24, 2.45) is 0 Å². The molecule has 25 heavy (non-hydrogen) atoms. The van der Waals surface area contributed by atoms with E-state index >= 15 is 0 Å². The number of halogens is 1. The van der Waals surface area contributed by atoms with Crippen LogP contribution in [0.3, 0.4) is 0 Å². The number of hydrogen-bond acceptors (Lipinski definition) is 4. The standard InChI is InChI=1S/C19H17FN2O3/c1-24-11-10-21-18(23)13-6-2-3-7-14(13)19-22-12-17(25-19)15-8-4-5-9-16(15)20/h2-9,12H,10-11H2,1H3,(H,21,23). The fraction of sp³-hybridized carbons (Fsp3) is 0.158. The normalized spacial score (nSPS) is 10.6. The Labute approximate surface area is 144 Å². The summed E-state index contributed by atoms with van der Waals surface area (Å²) in [5, 5.41) is 2.76. The zero-order chi connectivity index (χ0) is 17.6. The van der Waals surface area contributed by atoms with Gasteiger partial charge in [0.1, 0.15) is 5.82 Å². The number of aromatic nitrogens is 1. The van der Waals surface area contributed by atoms with Gasteiger partial charge in [0.05, 0.1) is 23.9 Å². The Bertz CT molecular complexity index is 876. The Morgan fingerprint density at radius 2 is 1.88 bits per heavy atom. The second kappa shape index (κ2) is 7.72. The Kier molecular flexibility index (Phi) is 5.20. The fourth-order valence-corrected chi connectivity index (χ4v) is 2.41. The van der Waals surface area contributed by atoms with E-state index in [1.165, 1.54) is 12.3 Å². The second-order valence-corrected chi connectivity index (χ2v) is 5.30. The molecular weight excluding hydrogens is 323 g/mol. The summed E-state index contributed by atoms with van der Waals surface area (Å²) in [6.45, 7) is 0.820. The molecule has 0 unspecified atom stereocenters. The molecule has 1 N–H and O–H groups in total. The number of carbonyl (C=O) groups excluding carboxylic acids is 1. The number of nitrogens with zero attached hydrogens (tertiary/aromatic N) is 1. The first kappa shape index (κ1) is 16.9. The number of rotatable bonds is 6. The van der Waals surface area contributed by atoms with E-state index < -0.39 is 5.82 Å². The Morgan fingerprint density at radius 1 is 1.16 bits per heavy atom. The van der Waals surface area contributed by atoms with Crippen molar-refractivity contribution < 1.29 is 18.3 Å². The van der Waals surface area contributed by atoms with Gasteiger partial charge in [0.2, 0.25) is 5.89 Å². The summed E-state index contributed by atoms with van der Waals surface area (Å²) >= 11 is 0. The van der Waals surface area contributed by atoms with Crippen molar-refractivity contribution in [2.75, 3.05) is 20.3 Å². The minimum atomic E-state index is -0.393. The first-order chi connectivity index (χ1) is 12.2. The highest BCUT2D eigenvalue weighted by Crippen LogP contribution is 2.29. The predicted molar refractivity (Wildman–Crippen MR) is 91.5 cm³/mol. The molecule has 0 aliphatic rings. The number of carbonyl (C=O) groups is 1. The molecule has 128 valence electrons. The van der Waals surface area contributed by atoms with Gasteiger partial charge in [-0.3, -0.25) is 4.79 Å². The van der Waals surface area contributed by atoms with Crippen molar-refractivity contribution >= 4 is 5.91 Å². The summed E-state index contributed by atoms with van der Waals surface area (Å²) in [5.41, 5.74) is 1.30. The molecule has 6 heteroatoms.